The highest BCUT2D eigenvalue weighted by Crippen LogP contribution is 2.27. The summed E-state index contributed by atoms with van der Waals surface area (Å²) in [6, 6.07) is 5.72. The zero-order chi connectivity index (χ0) is 15.2. The largest absolute Gasteiger partial charge is 0.573 e. The van der Waals surface area contributed by atoms with E-state index in [2.05, 4.69) is 4.74 Å². The van der Waals surface area contributed by atoms with E-state index in [1.807, 2.05) is 0 Å². The van der Waals surface area contributed by atoms with Gasteiger partial charge in [0.05, 0.1) is 6.61 Å². The molecule has 4 nitrogen and oxygen atoms in total. The predicted molar refractivity (Wildman–Crippen MR) is 66.2 cm³/mol. The van der Waals surface area contributed by atoms with E-state index in [0.717, 1.165) is 0 Å². The highest BCUT2D eigenvalue weighted by molar-refractivity contribution is 5.76. The highest BCUT2D eigenvalue weighted by Gasteiger charge is 2.31. The SMILES string of the molecule is CN(CCO)C(=O)CCc1ccccc1OC(F)(F)F. The monoisotopic (exact) mass is 291 g/mol. The Morgan fingerprint density at radius 3 is 2.60 bits per heavy atom. The fraction of sp³-hybridized carbons (Fsp3) is 0.462. The van der Waals surface area contributed by atoms with Gasteiger partial charge in [0, 0.05) is 20.0 Å². The Kier molecular flexibility index (Phi) is 5.82. The molecule has 0 aromatic heterocycles. The van der Waals surface area contributed by atoms with Crippen LogP contribution in [0.1, 0.15) is 12.0 Å². The van der Waals surface area contributed by atoms with Crippen LogP contribution in [0.15, 0.2) is 24.3 Å². The van der Waals surface area contributed by atoms with Crippen molar-refractivity contribution in [1.29, 1.82) is 0 Å². The molecule has 0 heterocycles. The molecule has 0 saturated heterocycles. The van der Waals surface area contributed by atoms with Crippen molar-refractivity contribution in [2.24, 2.45) is 0 Å². The molecule has 0 bridgehead atoms. The first-order valence-electron chi connectivity index (χ1n) is 6.02. The van der Waals surface area contributed by atoms with Gasteiger partial charge in [-0.2, -0.15) is 0 Å². The van der Waals surface area contributed by atoms with Crippen LogP contribution < -0.4 is 4.74 Å². The Labute approximate surface area is 114 Å². The van der Waals surface area contributed by atoms with Gasteiger partial charge in [0.15, 0.2) is 0 Å². The average Bonchev–Trinajstić information content (AvgIpc) is 2.35. The van der Waals surface area contributed by atoms with E-state index in [0.29, 0.717) is 5.56 Å². The number of ether oxygens (including phenoxy) is 1. The van der Waals surface area contributed by atoms with Gasteiger partial charge < -0.3 is 14.7 Å². The van der Waals surface area contributed by atoms with Crippen molar-refractivity contribution in [3.05, 3.63) is 29.8 Å². The van der Waals surface area contributed by atoms with Gasteiger partial charge in [-0.05, 0) is 18.1 Å². The van der Waals surface area contributed by atoms with E-state index in [1.54, 1.807) is 6.07 Å². The van der Waals surface area contributed by atoms with Gasteiger partial charge >= 0.3 is 6.36 Å². The van der Waals surface area contributed by atoms with Crippen LogP contribution in [0, 0.1) is 0 Å². The molecule has 1 aromatic carbocycles. The lowest BCUT2D eigenvalue weighted by atomic mass is 10.1. The van der Waals surface area contributed by atoms with Crippen molar-refractivity contribution in [3.63, 3.8) is 0 Å². The summed E-state index contributed by atoms with van der Waals surface area (Å²) in [5.74, 6) is -0.543. The number of aliphatic hydroxyl groups excluding tert-OH is 1. The number of aliphatic hydroxyl groups is 1. The van der Waals surface area contributed by atoms with Crippen LogP contribution in [0.3, 0.4) is 0 Å². The lowest BCUT2D eigenvalue weighted by Gasteiger charge is -2.16. The average molecular weight is 291 g/mol. The van der Waals surface area contributed by atoms with E-state index in [-0.39, 0.29) is 37.6 Å². The van der Waals surface area contributed by atoms with E-state index in [1.165, 1.54) is 30.1 Å². The van der Waals surface area contributed by atoms with E-state index >= 15 is 0 Å². The molecule has 112 valence electrons. The van der Waals surface area contributed by atoms with Gasteiger partial charge in [-0.1, -0.05) is 18.2 Å². The maximum absolute atomic E-state index is 12.2. The number of rotatable bonds is 6. The number of hydrogen-bond donors (Lipinski definition) is 1. The summed E-state index contributed by atoms with van der Waals surface area (Å²) in [4.78, 5) is 13.0. The lowest BCUT2D eigenvalue weighted by Crippen LogP contribution is -2.29. The van der Waals surface area contributed by atoms with Gasteiger partial charge in [0.1, 0.15) is 5.75 Å². The second kappa shape index (κ2) is 7.14. The Bertz CT molecular complexity index is 449. The molecule has 1 aromatic rings. The van der Waals surface area contributed by atoms with Crippen LogP contribution >= 0.6 is 0 Å². The van der Waals surface area contributed by atoms with Gasteiger partial charge in [-0.15, -0.1) is 13.2 Å². The number of para-hydroxylation sites is 1. The van der Waals surface area contributed by atoms with Crippen LogP contribution in [0.4, 0.5) is 13.2 Å². The van der Waals surface area contributed by atoms with Gasteiger partial charge in [-0.3, -0.25) is 4.79 Å². The van der Waals surface area contributed by atoms with Crippen molar-refractivity contribution in [2.45, 2.75) is 19.2 Å². The fourth-order valence-electron chi connectivity index (χ4n) is 1.64. The van der Waals surface area contributed by atoms with Crippen LogP contribution in [-0.4, -0.2) is 42.5 Å². The van der Waals surface area contributed by atoms with Crippen molar-refractivity contribution >= 4 is 5.91 Å². The molecule has 1 amide bonds. The molecule has 0 saturated carbocycles. The van der Waals surface area contributed by atoms with Crippen molar-refractivity contribution in [2.75, 3.05) is 20.2 Å². The first-order chi connectivity index (χ1) is 9.33. The molecule has 0 aliphatic carbocycles. The third-order valence-corrected chi connectivity index (χ3v) is 2.67. The number of benzene rings is 1. The number of likely N-dealkylation sites (N-methyl/N-ethyl adjacent to an activating group) is 1. The van der Waals surface area contributed by atoms with Crippen LogP contribution in [0.5, 0.6) is 5.75 Å². The van der Waals surface area contributed by atoms with E-state index in [4.69, 9.17) is 5.11 Å². The number of nitrogens with zero attached hydrogens (tertiary/aromatic N) is 1. The van der Waals surface area contributed by atoms with Gasteiger partial charge in [0.25, 0.3) is 0 Å². The van der Waals surface area contributed by atoms with Crippen LogP contribution in [0.2, 0.25) is 0 Å². The Morgan fingerprint density at radius 2 is 2.00 bits per heavy atom. The first kappa shape index (κ1) is 16.3. The molecule has 1 rings (SSSR count). The smallest absolute Gasteiger partial charge is 0.406 e. The standard InChI is InChI=1S/C13H16F3NO3/c1-17(8-9-18)12(19)7-6-10-4-2-3-5-11(10)20-13(14,15)16/h2-5,18H,6-9H2,1H3. The zero-order valence-electron chi connectivity index (χ0n) is 11.0. The number of carbonyl (C=O) groups excluding carboxylic acids is 1. The fourth-order valence-corrected chi connectivity index (χ4v) is 1.64. The third kappa shape index (κ3) is 5.48. The Morgan fingerprint density at radius 1 is 1.35 bits per heavy atom. The Balaban J connectivity index is 2.66. The summed E-state index contributed by atoms with van der Waals surface area (Å²) >= 11 is 0. The number of carbonyl (C=O) groups is 1. The minimum atomic E-state index is -4.76. The molecular weight excluding hydrogens is 275 g/mol. The molecule has 1 N–H and O–H groups in total. The highest BCUT2D eigenvalue weighted by atomic mass is 19.4. The maximum atomic E-state index is 12.2. The molecule has 0 radical (unpaired) electrons. The molecule has 0 unspecified atom stereocenters. The van der Waals surface area contributed by atoms with E-state index in [9.17, 15) is 18.0 Å². The van der Waals surface area contributed by atoms with Crippen molar-refractivity contribution < 1.29 is 27.8 Å². The predicted octanol–water partition coefficient (Wildman–Crippen LogP) is 1.97. The molecule has 0 aliphatic rings. The zero-order valence-corrected chi connectivity index (χ0v) is 11.0. The summed E-state index contributed by atoms with van der Waals surface area (Å²) in [5.41, 5.74) is 0.315. The summed E-state index contributed by atoms with van der Waals surface area (Å²) < 4.78 is 40.6. The Hall–Kier alpha value is -1.76. The molecule has 0 fully saturated rings. The lowest BCUT2D eigenvalue weighted by molar-refractivity contribution is -0.274. The summed E-state index contributed by atoms with van der Waals surface area (Å²) in [7, 11) is 1.52. The molecule has 7 heteroatoms. The second-order valence-corrected chi connectivity index (χ2v) is 4.19. The summed E-state index contributed by atoms with van der Waals surface area (Å²) in [6.45, 7) is 0.0372. The third-order valence-electron chi connectivity index (χ3n) is 2.67. The van der Waals surface area contributed by atoms with Crippen molar-refractivity contribution in [1.82, 2.24) is 4.90 Å². The quantitative estimate of drug-likeness (QED) is 0.871. The van der Waals surface area contributed by atoms with Gasteiger partial charge in [0.2, 0.25) is 5.91 Å². The summed E-state index contributed by atoms with van der Waals surface area (Å²) in [6.07, 6.45) is -4.57. The number of alkyl halides is 3. The maximum Gasteiger partial charge on any atom is 0.573 e. The number of amides is 1. The number of aryl methyl sites for hydroxylation is 1. The van der Waals surface area contributed by atoms with E-state index < -0.39 is 6.36 Å². The second-order valence-electron chi connectivity index (χ2n) is 4.19. The molecule has 0 aliphatic heterocycles. The molecule has 20 heavy (non-hydrogen) atoms. The molecule has 0 atom stereocenters. The summed E-state index contributed by atoms with van der Waals surface area (Å²) in [5, 5.41) is 8.70. The van der Waals surface area contributed by atoms with Crippen LogP contribution in [0.25, 0.3) is 0 Å². The minimum Gasteiger partial charge on any atom is -0.406 e. The number of hydrogen-bond acceptors (Lipinski definition) is 3. The van der Waals surface area contributed by atoms with Crippen LogP contribution in [-0.2, 0) is 11.2 Å². The minimum absolute atomic E-state index is 0.0503. The topological polar surface area (TPSA) is 49.8 Å². The first-order valence-corrected chi connectivity index (χ1v) is 6.02. The van der Waals surface area contributed by atoms with Gasteiger partial charge in [-0.25, -0.2) is 0 Å². The molecule has 0 spiro atoms. The number of halogens is 3. The normalized spacial score (nSPS) is 11.2. The van der Waals surface area contributed by atoms with Crippen molar-refractivity contribution in [3.8, 4) is 5.75 Å². The molecular formula is C13H16F3NO3.